The Balaban J connectivity index is 2.63. The van der Waals surface area contributed by atoms with E-state index in [2.05, 4.69) is 17.6 Å². The van der Waals surface area contributed by atoms with Crippen molar-refractivity contribution in [1.82, 2.24) is 9.55 Å². The summed E-state index contributed by atoms with van der Waals surface area (Å²) in [6, 6.07) is 0. The first-order valence-electron chi connectivity index (χ1n) is 5.22. The number of fused-ring (bicyclic) bond motifs is 1. The van der Waals surface area contributed by atoms with Gasteiger partial charge >= 0.3 is 6.18 Å². The second-order valence-electron chi connectivity index (χ2n) is 3.92. The van der Waals surface area contributed by atoms with Gasteiger partial charge in [0, 0.05) is 13.0 Å². The van der Waals surface area contributed by atoms with Crippen molar-refractivity contribution in [1.29, 1.82) is 0 Å². The van der Waals surface area contributed by atoms with Crippen molar-refractivity contribution in [3.63, 3.8) is 0 Å². The minimum absolute atomic E-state index is 0.00121. The fraction of sp³-hybridized carbons (Fsp3) is 0.500. The van der Waals surface area contributed by atoms with Gasteiger partial charge in [0.1, 0.15) is 5.82 Å². The van der Waals surface area contributed by atoms with E-state index >= 15 is 0 Å². The molecule has 0 bridgehead atoms. The van der Waals surface area contributed by atoms with E-state index in [4.69, 9.17) is 5.73 Å². The SMILES string of the molecule is N/C(=C\S)c1c(C(F)(F)F)nc2n1CCCC2. The highest BCUT2D eigenvalue weighted by Gasteiger charge is 2.39. The summed E-state index contributed by atoms with van der Waals surface area (Å²) in [5.74, 6) is 0.455. The number of thiol groups is 1. The molecule has 0 unspecified atom stereocenters. The molecule has 0 saturated carbocycles. The topological polar surface area (TPSA) is 43.8 Å². The second kappa shape index (κ2) is 4.29. The summed E-state index contributed by atoms with van der Waals surface area (Å²) in [6.45, 7) is 0.524. The van der Waals surface area contributed by atoms with Crippen molar-refractivity contribution in [2.24, 2.45) is 5.73 Å². The van der Waals surface area contributed by atoms with Gasteiger partial charge < -0.3 is 10.3 Å². The van der Waals surface area contributed by atoms with Crippen LogP contribution in [-0.2, 0) is 19.1 Å². The van der Waals surface area contributed by atoms with Crippen LogP contribution in [0.2, 0.25) is 0 Å². The summed E-state index contributed by atoms with van der Waals surface area (Å²) >= 11 is 3.82. The molecular weight excluding hydrogens is 251 g/mol. The zero-order valence-corrected chi connectivity index (χ0v) is 9.85. The molecular formula is C10H12F3N3S. The minimum Gasteiger partial charge on any atom is -0.397 e. The molecule has 1 aliphatic rings. The number of nitrogens with two attached hydrogens (primary N) is 1. The molecule has 1 aliphatic heterocycles. The molecule has 2 rings (SSSR count). The average molecular weight is 263 g/mol. The van der Waals surface area contributed by atoms with E-state index < -0.39 is 11.9 Å². The number of aryl methyl sites for hydroxylation is 1. The van der Waals surface area contributed by atoms with Gasteiger partial charge in [-0.15, -0.1) is 12.6 Å². The fourth-order valence-corrected chi connectivity index (χ4v) is 2.16. The quantitative estimate of drug-likeness (QED) is 0.764. The second-order valence-corrected chi connectivity index (χ2v) is 4.17. The van der Waals surface area contributed by atoms with Gasteiger partial charge in [-0.1, -0.05) is 0 Å². The molecule has 0 amide bonds. The molecule has 1 aromatic rings. The summed E-state index contributed by atoms with van der Waals surface area (Å²) in [7, 11) is 0. The van der Waals surface area contributed by atoms with E-state index in [9.17, 15) is 13.2 Å². The van der Waals surface area contributed by atoms with Gasteiger partial charge in [0.25, 0.3) is 0 Å². The van der Waals surface area contributed by atoms with Gasteiger partial charge in [0.05, 0.1) is 11.4 Å². The largest absolute Gasteiger partial charge is 0.435 e. The van der Waals surface area contributed by atoms with Gasteiger partial charge in [-0.3, -0.25) is 0 Å². The van der Waals surface area contributed by atoms with E-state index in [1.807, 2.05) is 0 Å². The van der Waals surface area contributed by atoms with Crippen LogP contribution in [0.15, 0.2) is 5.41 Å². The maximum absolute atomic E-state index is 12.8. The van der Waals surface area contributed by atoms with Crippen LogP contribution in [0.5, 0.6) is 0 Å². The molecule has 1 aromatic heterocycles. The van der Waals surface area contributed by atoms with Gasteiger partial charge in [-0.25, -0.2) is 4.98 Å². The Bertz CT molecular complexity index is 462. The molecule has 2 heterocycles. The molecule has 17 heavy (non-hydrogen) atoms. The highest BCUT2D eigenvalue weighted by Crippen LogP contribution is 2.35. The van der Waals surface area contributed by atoms with Crippen molar-refractivity contribution in [3.8, 4) is 0 Å². The number of alkyl halides is 3. The maximum atomic E-state index is 12.8. The predicted molar refractivity (Wildman–Crippen MR) is 61.3 cm³/mol. The maximum Gasteiger partial charge on any atom is 0.435 e. The fourth-order valence-electron chi connectivity index (χ4n) is 2.04. The molecule has 0 aromatic carbocycles. The molecule has 0 atom stereocenters. The Morgan fingerprint density at radius 2 is 2.12 bits per heavy atom. The van der Waals surface area contributed by atoms with Crippen molar-refractivity contribution in [3.05, 3.63) is 22.6 Å². The summed E-state index contributed by atoms with van der Waals surface area (Å²) in [4.78, 5) is 3.67. The van der Waals surface area contributed by atoms with E-state index in [0.29, 0.717) is 18.8 Å². The highest BCUT2D eigenvalue weighted by atomic mass is 32.1. The van der Waals surface area contributed by atoms with E-state index in [1.54, 1.807) is 4.57 Å². The predicted octanol–water partition coefficient (Wildman–Crippen LogP) is 2.43. The van der Waals surface area contributed by atoms with Crippen LogP contribution in [-0.4, -0.2) is 9.55 Å². The molecule has 0 radical (unpaired) electrons. The summed E-state index contributed by atoms with van der Waals surface area (Å²) in [5.41, 5.74) is 4.63. The van der Waals surface area contributed by atoms with Crippen LogP contribution in [0.1, 0.15) is 30.1 Å². The molecule has 3 nitrogen and oxygen atoms in total. The first-order chi connectivity index (χ1) is 7.95. The number of aromatic nitrogens is 2. The van der Waals surface area contributed by atoms with Crippen molar-refractivity contribution in [2.75, 3.05) is 0 Å². The average Bonchev–Trinajstić information content (AvgIpc) is 2.67. The molecule has 0 fully saturated rings. The monoisotopic (exact) mass is 263 g/mol. The van der Waals surface area contributed by atoms with Crippen LogP contribution in [0, 0.1) is 0 Å². The molecule has 0 spiro atoms. The molecule has 94 valence electrons. The minimum atomic E-state index is -4.49. The summed E-state index contributed by atoms with van der Waals surface area (Å²) < 4.78 is 40.1. The van der Waals surface area contributed by atoms with Crippen LogP contribution in [0.25, 0.3) is 5.70 Å². The smallest absolute Gasteiger partial charge is 0.397 e. The summed E-state index contributed by atoms with van der Waals surface area (Å²) in [6.07, 6.45) is -2.23. The normalized spacial score (nSPS) is 17.1. The Morgan fingerprint density at radius 3 is 2.71 bits per heavy atom. The van der Waals surface area contributed by atoms with Crippen LogP contribution in [0.3, 0.4) is 0 Å². The lowest BCUT2D eigenvalue weighted by atomic mass is 10.1. The summed E-state index contributed by atoms with van der Waals surface area (Å²) in [5, 5.41) is 1.17. The standard InChI is InChI=1S/C10H12F3N3S/c11-10(12,13)9-8(6(14)5-17)16-4-2-1-3-7(16)15-9/h5,17H,1-4,14H2/b6-5-. The number of rotatable bonds is 1. The van der Waals surface area contributed by atoms with Gasteiger partial charge in [-0.2, -0.15) is 13.2 Å². The third kappa shape index (κ3) is 2.15. The Labute approximate surface area is 102 Å². The number of nitrogens with zero attached hydrogens (tertiary/aromatic N) is 2. The lowest BCUT2D eigenvalue weighted by Crippen LogP contribution is -2.16. The first kappa shape index (κ1) is 12.3. The number of hydrogen-bond donors (Lipinski definition) is 2. The van der Waals surface area contributed by atoms with Gasteiger partial charge in [0.2, 0.25) is 0 Å². The lowest BCUT2D eigenvalue weighted by molar-refractivity contribution is -0.141. The number of halogens is 3. The molecule has 0 aliphatic carbocycles. The van der Waals surface area contributed by atoms with Crippen LogP contribution < -0.4 is 5.73 Å². The molecule has 2 N–H and O–H groups in total. The van der Waals surface area contributed by atoms with Crippen molar-refractivity contribution in [2.45, 2.75) is 32.0 Å². The third-order valence-electron chi connectivity index (χ3n) is 2.76. The molecule has 7 heteroatoms. The number of imidazole rings is 1. The van der Waals surface area contributed by atoms with E-state index in [1.165, 1.54) is 5.41 Å². The zero-order valence-electron chi connectivity index (χ0n) is 8.96. The van der Waals surface area contributed by atoms with Crippen LogP contribution in [0.4, 0.5) is 13.2 Å². The van der Waals surface area contributed by atoms with Crippen molar-refractivity contribution >= 4 is 18.3 Å². The van der Waals surface area contributed by atoms with Crippen molar-refractivity contribution < 1.29 is 13.2 Å². The number of hydrogen-bond acceptors (Lipinski definition) is 3. The van der Waals surface area contributed by atoms with Gasteiger partial charge in [0.15, 0.2) is 5.69 Å². The Kier molecular flexibility index (Phi) is 3.11. The lowest BCUT2D eigenvalue weighted by Gasteiger charge is -2.16. The van der Waals surface area contributed by atoms with E-state index in [0.717, 1.165) is 12.8 Å². The zero-order chi connectivity index (χ0) is 12.6. The Hall–Kier alpha value is -1.11. The highest BCUT2D eigenvalue weighted by molar-refractivity contribution is 7.83. The van der Waals surface area contributed by atoms with E-state index in [-0.39, 0.29) is 11.4 Å². The van der Waals surface area contributed by atoms with Gasteiger partial charge in [-0.05, 0) is 18.2 Å². The first-order valence-corrected chi connectivity index (χ1v) is 5.73. The molecule has 0 saturated heterocycles. The van der Waals surface area contributed by atoms with Crippen LogP contribution >= 0.6 is 12.6 Å². The third-order valence-corrected chi connectivity index (χ3v) is 3.04. The Morgan fingerprint density at radius 1 is 1.41 bits per heavy atom.